The zero-order valence-corrected chi connectivity index (χ0v) is 14.2. The Balaban J connectivity index is 1.83. The van der Waals surface area contributed by atoms with Crippen LogP contribution in [0, 0.1) is 0 Å². The maximum atomic E-state index is 12.5. The number of fused-ring (bicyclic) bond motifs is 1. The molecule has 0 radical (unpaired) electrons. The number of methoxy groups -OCH3 is 1. The van der Waals surface area contributed by atoms with E-state index in [1.165, 1.54) is 29.9 Å². The topological polar surface area (TPSA) is 82.5 Å². The Labute approximate surface area is 152 Å². The third-order valence-electron chi connectivity index (χ3n) is 3.72. The molecule has 0 spiro atoms. The average Bonchev–Trinajstić information content (AvgIpc) is 2.64. The van der Waals surface area contributed by atoms with Crippen molar-refractivity contribution in [2.24, 2.45) is 0 Å². The van der Waals surface area contributed by atoms with Gasteiger partial charge in [0, 0.05) is 11.8 Å². The van der Waals surface area contributed by atoms with E-state index in [-0.39, 0.29) is 23.7 Å². The highest BCUT2D eigenvalue weighted by atomic mass is 19.3. The van der Waals surface area contributed by atoms with Crippen molar-refractivity contribution in [2.45, 2.75) is 13.2 Å². The van der Waals surface area contributed by atoms with Crippen molar-refractivity contribution in [2.75, 3.05) is 12.4 Å². The number of nitrogens with one attached hydrogen (secondary N) is 1. The molecule has 0 saturated heterocycles. The molecule has 2 aromatic carbocycles. The quantitative estimate of drug-likeness (QED) is 0.716. The number of rotatable bonds is 6. The van der Waals surface area contributed by atoms with Crippen molar-refractivity contribution in [3.8, 4) is 11.5 Å². The van der Waals surface area contributed by atoms with Crippen LogP contribution < -0.4 is 20.3 Å². The number of aromatic nitrogens is 2. The molecule has 0 bridgehead atoms. The Bertz CT molecular complexity index is 1040. The van der Waals surface area contributed by atoms with E-state index in [0.717, 1.165) is 6.20 Å². The van der Waals surface area contributed by atoms with Gasteiger partial charge in [0.1, 0.15) is 6.54 Å². The van der Waals surface area contributed by atoms with E-state index in [9.17, 15) is 18.4 Å². The van der Waals surface area contributed by atoms with Gasteiger partial charge in [0.25, 0.3) is 5.56 Å². The molecule has 0 aliphatic carbocycles. The van der Waals surface area contributed by atoms with Gasteiger partial charge >= 0.3 is 6.61 Å². The van der Waals surface area contributed by atoms with E-state index in [1.807, 2.05) is 0 Å². The minimum atomic E-state index is -3.04. The molecule has 9 heteroatoms. The fourth-order valence-electron chi connectivity index (χ4n) is 2.56. The first-order valence-electron chi connectivity index (χ1n) is 7.85. The lowest BCUT2D eigenvalue weighted by Crippen LogP contribution is -2.28. The second kappa shape index (κ2) is 7.81. The number of anilines is 1. The molecule has 140 valence electrons. The van der Waals surface area contributed by atoms with Gasteiger partial charge in [0.2, 0.25) is 5.91 Å². The normalized spacial score (nSPS) is 10.8. The number of para-hydroxylation sites is 2. The van der Waals surface area contributed by atoms with Gasteiger partial charge in [-0.3, -0.25) is 14.2 Å². The summed E-state index contributed by atoms with van der Waals surface area (Å²) in [5, 5.41) is 2.55. The Morgan fingerprint density at radius 2 is 2.00 bits per heavy atom. The highest BCUT2D eigenvalue weighted by Crippen LogP contribution is 2.31. The minimum Gasteiger partial charge on any atom is -0.493 e. The van der Waals surface area contributed by atoms with Crippen LogP contribution in [0.1, 0.15) is 0 Å². The highest BCUT2D eigenvalue weighted by Gasteiger charge is 2.14. The summed E-state index contributed by atoms with van der Waals surface area (Å²) in [4.78, 5) is 28.5. The number of hydrogen-bond donors (Lipinski definition) is 1. The van der Waals surface area contributed by atoms with E-state index in [2.05, 4.69) is 15.0 Å². The minimum absolute atomic E-state index is 0.102. The van der Waals surface area contributed by atoms with Gasteiger partial charge in [-0.2, -0.15) is 8.78 Å². The molecule has 1 N–H and O–H groups in total. The first kappa shape index (κ1) is 18.3. The molecule has 0 aliphatic heterocycles. The third-order valence-corrected chi connectivity index (χ3v) is 3.72. The SMILES string of the molecule is COc1ccc(NC(=O)Cn2c(=O)cnc3ccccc32)cc1OC(F)F. The molecule has 27 heavy (non-hydrogen) atoms. The molecule has 0 saturated carbocycles. The monoisotopic (exact) mass is 375 g/mol. The lowest BCUT2D eigenvalue weighted by Gasteiger charge is -2.13. The molecule has 3 aromatic rings. The Morgan fingerprint density at radius 3 is 2.74 bits per heavy atom. The van der Waals surface area contributed by atoms with Crippen LogP contribution in [0.2, 0.25) is 0 Å². The fraction of sp³-hybridized carbons (Fsp3) is 0.167. The van der Waals surface area contributed by atoms with Crippen LogP contribution in [-0.4, -0.2) is 29.2 Å². The van der Waals surface area contributed by atoms with Gasteiger partial charge in [-0.25, -0.2) is 4.98 Å². The number of benzene rings is 2. The smallest absolute Gasteiger partial charge is 0.387 e. The van der Waals surface area contributed by atoms with Gasteiger partial charge in [0.05, 0.1) is 24.3 Å². The van der Waals surface area contributed by atoms with Gasteiger partial charge in [-0.1, -0.05) is 12.1 Å². The summed E-state index contributed by atoms with van der Waals surface area (Å²) in [6, 6.07) is 11.0. The van der Waals surface area contributed by atoms with Crippen molar-refractivity contribution in [1.29, 1.82) is 0 Å². The van der Waals surface area contributed by atoms with Crippen molar-refractivity contribution in [3.63, 3.8) is 0 Å². The van der Waals surface area contributed by atoms with E-state index in [0.29, 0.717) is 11.0 Å². The number of ether oxygens (including phenoxy) is 2. The lowest BCUT2D eigenvalue weighted by atomic mass is 10.2. The first-order chi connectivity index (χ1) is 13.0. The van der Waals surface area contributed by atoms with Gasteiger partial charge in [-0.05, 0) is 24.3 Å². The van der Waals surface area contributed by atoms with Crippen LogP contribution in [0.3, 0.4) is 0 Å². The number of carbonyl (C=O) groups excluding carboxylic acids is 1. The predicted octanol–water partition coefficient (Wildman–Crippen LogP) is 2.65. The summed E-state index contributed by atoms with van der Waals surface area (Å²) in [5.41, 5.74) is 0.877. The van der Waals surface area contributed by atoms with Crippen molar-refractivity contribution >= 4 is 22.6 Å². The second-order valence-electron chi connectivity index (χ2n) is 5.46. The van der Waals surface area contributed by atoms with Gasteiger partial charge in [-0.15, -0.1) is 0 Å². The van der Waals surface area contributed by atoms with Crippen LogP contribution in [0.4, 0.5) is 14.5 Å². The van der Waals surface area contributed by atoms with E-state index in [4.69, 9.17) is 4.74 Å². The molecule has 1 amide bonds. The lowest BCUT2D eigenvalue weighted by molar-refractivity contribution is -0.116. The van der Waals surface area contributed by atoms with Crippen molar-refractivity contribution in [3.05, 3.63) is 59.0 Å². The van der Waals surface area contributed by atoms with Gasteiger partial charge < -0.3 is 14.8 Å². The maximum Gasteiger partial charge on any atom is 0.387 e. The molecule has 0 fully saturated rings. The van der Waals surface area contributed by atoms with E-state index < -0.39 is 18.1 Å². The van der Waals surface area contributed by atoms with Gasteiger partial charge in [0.15, 0.2) is 11.5 Å². The van der Waals surface area contributed by atoms with Crippen LogP contribution in [0.15, 0.2) is 53.5 Å². The summed E-state index contributed by atoms with van der Waals surface area (Å²) in [7, 11) is 1.31. The van der Waals surface area contributed by atoms with Crippen molar-refractivity contribution in [1.82, 2.24) is 9.55 Å². The number of halogens is 2. The number of carbonyl (C=O) groups is 1. The predicted molar refractivity (Wildman–Crippen MR) is 94.3 cm³/mol. The molecule has 1 heterocycles. The van der Waals surface area contributed by atoms with Crippen LogP contribution >= 0.6 is 0 Å². The van der Waals surface area contributed by atoms with E-state index >= 15 is 0 Å². The van der Waals surface area contributed by atoms with Crippen LogP contribution in [0.5, 0.6) is 11.5 Å². The fourth-order valence-corrected chi connectivity index (χ4v) is 2.56. The van der Waals surface area contributed by atoms with E-state index in [1.54, 1.807) is 24.3 Å². The first-order valence-corrected chi connectivity index (χ1v) is 7.85. The zero-order valence-electron chi connectivity index (χ0n) is 14.2. The summed E-state index contributed by atoms with van der Waals surface area (Å²) in [6.45, 7) is -3.30. The summed E-state index contributed by atoms with van der Waals surface area (Å²) < 4.78 is 35.6. The molecule has 0 aliphatic rings. The second-order valence-corrected chi connectivity index (χ2v) is 5.46. The largest absolute Gasteiger partial charge is 0.493 e. The molecular formula is C18H15F2N3O4. The maximum absolute atomic E-state index is 12.5. The number of alkyl halides is 2. The summed E-state index contributed by atoms with van der Waals surface area (Å²) in [5.74, 6) is -0.622. The molecule has 0 unspecified atom stereocenters. The Hall–Kier alpha value is -3.49. The standard InChI is InChI=1S/C18H15F2N3O4/c1-26-14-7-6-11(8-15(14)27-18(19)20)22-16(24)10-23-13-5-3-2-4-12(13)21-9-17(23)25/h2-9,18H,10H2,1H3,(H,22,24). The van der Waals surface area contributed by atoms with Crippen molar-refractivity contribution < 1.29 is 23.0 Å². The van der Waals surface area contributed by atoms with Crippen LogP contribution in [0.25, 0.3) is 11.0 Å². The summed E-state index contributed by atoms with van der Waals surface area (Å²) >= 11 is 0. The number of amides is 1. The molecule has 1 aromatic heterocycles. The average molecular weight is 375 g/mol. The molecule has 0 atom stereocenters. The number of hydrogen-bond acceptors (Lipinski definition) is 5. The summed E-state index contributed by atoms with van der Waals surface area (Å²) in [6.07, 6.45) is 1.14. The molecule has 3 rings (SSSR count). The molecular weight excluding hydrogens is 360 g/mol. The molecule has 7 nitrogen and oxygen atoms in total. The highest BCUT2D eigenvalue weighted by molar-refractivity contribution is 5.91. The van der Waals surface area contributed by atoms with Crippen LogP contribution in [-0.2, 0) is 11.3 Å². The zero-order chi connectivity index (χ0) is 19.4. The Kier molecular flexibility index (Phi) is 5.30. The third kappa shape index (κ3) is 4.20. The Morgan fingerprint density at radius 1 is 1.22 bits per heavy atom. The number of nitrogens with zero attached hydrogens (tertiary/aromatic N) is 2.